The number of hydrogen-bond donors (Lipinski definition) is 4. The zero-order valence-corrected chi connectivity index (χ0v) is 19.6. The molecule has 0 fully saturated rings. The van der Waals surface area contributed by atoms with Crippen LogP contribution in [0.5, 0.6) is 0 Å². The minimum Gasteiger partial charge on any atom is -0.366 e. The lowest BCUT2D eigenvalue weighted by atomic mass is 9.99. The zero-order chi connectivity index (χ0) is 24.9. The molecule has 0 bridgehead atoms. The number of nitrogens with two attached hydrogens (primary N) is 1. The summed E-state index contributed by atoms with van der Waals surface area (Å²) < 4.78 is 0. The first-order chi connectivity index (χ1) is 17.6. The van der Waals surface area contributed by atoms with Crippen LogP contribution in [0.25, 0.3) is 11.3 Å². The molecule has 5 rings (SSSR count). The van der Waals surface area contributed by atoms with Gasteiger partial charge in [-0.2, -0.15) is 0 Å². The summed E-state index contributed by atoms with van der Waals surface area (Å²) in [4.78, 5) is 24.8. The molecule has 1 aliphatic rings. The number of hydrogen-bond acceptors (Lipinski definition) is 4. The molecule has 36 heavy (non-hydrogen) atoms. The molecule has 0 aromatic heterocycles. The number of carbonyl (C=O) groups excluding carboxylic acids is 2. The third-order valence-corrected chi connectivity index (χ3v) is 6.06. The molecule has 4 aromatic carbocycles. The fourth-order valence-electron chi connectivity index (χ4n) is 4.31. The van der Waals surface area contributed by atoms with Crippen molar-refractivity contribution in [1.29, 1.82) is 0 Å². The maximum Gasteiger partial charge on any atom is 0.258 e. The van der Waals surface area contributed by atoms with Gasteiger partial charge < -0.3 is 21.7 Å². The third kappa shape index (κ3) is 5.04. The summed E-state index contributed by atoms with van der Waals surface area (Å²) in [5.74, 6) is -0.776. The van der Waals surface area contributed by atoms with Crippen LogP contribution in [0.1, 0.15) is 32.6 Å². The Morgan fingerprint density at radius 2 is 1.44 bits per heavy atom. The third-order valence-electron chi connectivity index (χ3n) is 6.06. The molecule has 5 N–H and O–H groups in total. The van der Waals surface area contributed by atoms with Gasteiger partial charge in [-0.25, -0.2) is 0 Å². The van der Waals surface area contributed by atoms with Gasteiger partial charge in [0.15, 0.2) is 0 Å². The van der Waals surface area contributed by atoms with Crippen LogP contribution in [-0.2, 0) is 17.9 Å². The molecule has 0 aliphatic carbocycles. The van der Waals surface area contributed by atoms with Gasteiger partial charge in [0, 0.05) is 35.6 Å². The SMILES string of the molecule is NC(=O)c1ccc2c(c1)NC(=O)/C2=C(\Nc1cccc(CNCc2ccccc2)c1)c1ccccc1. The molecule has 1 heterocycles. The van der Waals surface area contributed by atoms with Gasteiger partial charge in [0.1, 0.15) is 0 Å². The van der Waals surface area contributed by atoms with Crippen molar-refractivity contribution in [1.82, 2.24) is 5.32 Å². The van der Waals surface area contributed by atoms with Crippen molar-refractivity contribution in [2.24, 2.45) is 5.73 Å². The average Bonchev–Trinajstić information content (AvgIpc) is 3.23. The van der Waals surface area contributed by atoms with E-state index in [2.05, 4.69) is 40.2 Å². The van der Waals surface area contributed by atoms with Gasteiger partial charge in [-0.3, -0.25) is 9.59 Å². The number of carbonyl (C=O) groups is 2. The topological polar surface area (TPSA) is 96.2 Å². The molecule has 0 spiro atoms. The summed E-state index contributed by atoms with van der Waals surface area (Å²) >= 11 is 0. The van der Waals surface area contributed by atoms with E-state index in [1.165, 1.54) is 5.56 Å². The van der Waals surface area contributed by atoms with E-state index in [-0.39, 0.29) is 5.91 Å². The van der Waals surface area contributed by atoms with Crippen molar-refractivity contribution in [3.8, 4) is 0 Å². The molecule has 0 atom stereocenters. The van der Waals surface area contributed by atoms with Gasteiger partial charge in [0.05, 0.1) is 11.3 Å². The highest BCUT2D eigenvalue weighted by molar-refractivity contribution is 6.37. The Hall–Kier alpha value is -4.68. The number of anilines is 2. The lowest BCUT2D eigenvalue weighted by Crippen LogP contribution is -2.13. The zero-order valence-electron chi connectivity index (χ0n) is 19.6. The van der Waals surface area contributed by atoms with E-state index in [1.54, 1.807) is 18.2 Å². The van der Waals surface area contributed by atoms with Crippen LogP contribution in [0, 0.1) is 0 Å². The first-order valence-electron chi connectivity index (χ1n) is 11.7. The second kappa shape index (κ2) is 10.3. The number of benzene rings is 4. The Morgan fingerprint density at radius 1 is 0.750 bits per heavy atom. The van der Waals surface area contributed by atoms with Crippen molar-refractivity contribution >= 4 is 34.5 Å². The summed E-state index contributed by atoms with van der Waals surface area (Å²) in [7, 11) is 0. The summed E-state index contributed by atoms with van der Waals surface area (Å²) in [6, 6.07) is 33.1. The standard InChI is InChI=1S/C30H26N4O2/c31-29(35)23-14-15-25-26(17-23)34-30(36)27(25)28(22-11-5-2-6-12-22)33-24-13-7-10-21(16-24)19-32-18-20-8-3-1-4-9-20/h1-17,32-33H,18-19H2,(H2,31,35)(H,34,36)/b28-27-. The molecule has 0 saturated carbocycles. The molecule has 6 heteroatoms. The van der Waals surface area contributed by atoms with E-state index in [1.807, 2.05) is 60.7 Å². The number of nitrogens with one attached hydrogen (secondary N) is 3. The molecule has 0 saturated heterocycles. The molecule has 1 aliphatic heterocycles. The van der Waals surface area contributed by atoms with Crippen molar-refractivity contribution in [3.63, 3.8) is 0 Å². The first-order valence-corrected chi connectivity index (χ1v) is 11.7. The Morgan fingerprint density at radius 3 is 2.19 bits per heavy atom. The van der Waals surface area contributed by atoms with Crippen molar-refractivity contribution in [2.45, 2.75) is 13.1 Å². The number of rotatable bonds is 8. The second-order valence-corrected chi connectivity index (χ2v) is 8.61. The van der Waals surface area contributed by atoms with Crippen LogP contribution in [0.15, 0.2) is 103 Å². The van der Waals surface area contributed by atoms with Crippen molar-refractivity contribution in [2.75, 3.05) is 10.6 Å². The predicted molar refractivity (Wildman–Crippen MR) is 144 cm³/mol. The monoisotopic (exact) mass is 474 g/mol. The van der Waals surface area contributed by atoms with Crippen molar-refractivity contribution < 1.29 is 9.59 Å². The minimum atomic E-state index is -0.538. The van der Waals surface area contributed by atoms with Crippen LogP contribution in [-0.4, -0.2) is 11.8 Å². The van der Waals surface area contributed by atoms with Gasteiger partial charge in [-0.05, 0) is 41.0 Å². The van der Waals surface area contributed by atoms with Crippen LogP contribution in [0.4, 0.5) is 11.4 Å². The van der Waals surface area contributed by atoms with E-state index in [0.29, 0.717) is 29.1 Å². The molecular formula is C30H26N4O2. The van der Waals surface area contributed by atoms with Gasteiger partial charge in [-0.15, -0.1) is 0 Å². The van der Waals surface area contributed by atoms with Crippen molar-refractivity contribution in [3.05, 3.63) is 131 Å². The van der Waals surface area contributed by atoms with Gasteiger partial charge in [0.2, 0.25) is 5.91 Å². The summed E-state index contributed by atoms with van der Waals surface area (Å²) in [5, 5.41) is 9.85. The highest BCUT2D eigenvalue weighted by Crippen LogP contribution is 2.38. The first kappa shape index (κ1) is 23.1. The highest BCUT2D eigenvalue weighted by atomic mass is 16.2. The van der Waals surface area contributed by atoms with E-state index < -0.39 is 5.91 Å². The average molecular weight is 475 g/mol. The van der Waals surface area contributed by atoms with Gasteiger partial charge >= 0.3 is 0 Å². The van der Waals surface area contributed by atoms with Gasteiger partial charge in [-0.1, -0.05) is 78.9 Å². The van der Waals surface area contributed by atoms with E-state index in [4.69, 9.17) is 5.73 Å². The largest absolute Gasteiger partial charge is 0.366 e. The molecule has 4 aromatic rings. The van der Waals surface area contributed by atoms with Crippen LogP contribution in [0.2, 0.25) is 0 Å². The molecule has 6 nitrogen and oxygen atoms in total. The lowest BCUT2D eigenvalue weighted by molar-refractivity contribution is -0.110. The molecular weight excluding hydrogens is 448 g/mol. The quantitative estimate of drug-likeness (QED) is 0.270. The fourth-order valence-corrected chi connectivity index (χ4v) is 4.31. The molecule has 178 valence electrons. The molecule has 2 amide bonds. The molecule has 0 unspecified atom stereocenters. The normalized spacial score (nSPS) is 13.6. The predicted octanol–water partition coefficient (Wildman–Crippen LogP) is 5.01. The second-order valence-electron chi connectivity index (χ2n) is 8.61. The van der Waals surface area contributed by atoms with Crippen LogP contribution >= 0.6 is 0 Å². The number of primary amides is 1. The van der Waals surface area contributed by atoms with Crippen LogP contribution in [0.3, 0.4) is 0 Å². The Balaban J connectivity index is 1.46. The smallest absolute Gasteiger partial charge is 0.258 e. The van der Waals surface area contributed by atoms with Crippen LogP contribution < -0.4 is 21.7 Å². The minimum absolute atomic E-state index is 0.237. The Bertz CT molecular complexity index is 1450. The highest BCUT2D eigenvalue weighted by Gasteiger charge is 2.29. The van der Waals surface area contributed by atoms with E-state index >= 15 is 0 Å². The number of amides is 2. The van der Waals surface area contributed by atoms with E-state index in [0.717, 1.165) is 28.9 Å². The Kier molecular flexibility index (Phi) is 6.60. The summed E-state index contributed by atoms with van der Waals surface area (Å²) in [6.07, 6.45) is 0. The van der Waals surface area contributed by atoms with E-state index in [9.17, 15) is 9.59 Å². The number of fused-ring (bicyclic) bond motifs is 1. The fraction of sp³-hybridized carbons (Fsp3) is 0.0667. The maximum atomic E-state index is 13.1. The Labute approximate surface area is 209 Å². The lowest BCUT2D eigenvalue weighted by Gasteiger charge is -2.16. The van der Waals surface area contributed by atoms with Gasteiger partial charge in [0.25, 0.3) is 5.91 Å². The summed E-state index contributed by atoms with van der Waals surface area (Å²) in [5.41, 5.74) is 12.4. The maximum absolute atomic E-state index is 13.1. The summed E-state index contributed by atoms with van der Waals surface area (Å²) in [6.45, 7) is 1.49. The molecule has 0 radical (unpaired) electrons.